The number of carbonyl (C=O) groups is 1. The van der Waals surface area contributed by atoms with E-state index in [1.54, 1.807) is 0 Å². The van der Waals surface area contributed by atoms with Crippen molar-refractivity contribution in [2.45, 2.75) is 56.5 Å². The smallest absolute Gasteiger partial charge is 0.332 e. The van der Waals surface area contributed by atoms with Gasteiger partial charge in [0.25, 0.3) is 0 Å². The molecule has 22 heavy (non-hydrogen) atoms. The summed E-state index contributed by atoms with van der Waals surface area (Å²) >= 11 is 0. The Morgan fingerprint density at radius 3 is 2.36 bits per heavy atom. The summed E-state index contributed by atoms with van der Waals surface area (Å²) in [5.41, 5.74) is 0. The number of halogens is 6. The Kier molecular flexibility index (Phi) is 4.93. The van der Waals surface area contributed by atoms with Gasteiger partial charge in [-0.25, -0.2) is 0 Å². The van der Waals surface area contributed by atoms with Crippen molar-refractivity contribution >= 4 is 5.91 Å². The molecule has 2 aliphatic rings. The molecule has 1 aliphatic carbocycles. The van der Waals surface area contributed by atoms with E-state index >= 15 is 0 Å². The highest BCUT2D eigenvalue weighted by atomic mass is 19.4. The molecule has 2 fully saturated rings. The number of nitrogens with zero attached hydrogens (tertiary/aromatic N) is 1. The SMILES string of the molecule is O=C1[C@H](N[C@H]2CCC[C@H](C(F)(F)F)C2)CCN1CC(F)(F)F. The van der Waals surface area contributed by atoms with Gasteiger partial charge >= 0.3 is 12.4 Å². The first-order valence-electron chi connectivity index (χ1n) is 7.24. The Labute approximate surface area is 124 Å². The number of amides is 1. The maximum Gasteiger partial charge on any atom is 0.406 e. The molecular weight excluding hydrogens is 314 g/mol. The fourth-order valence-electron chi connectivity index (χ4n) is 3.19. The van der Waals surface area contributed by atoms with Crippen LogP contribution >= 0.6 is 0 Å². The first-order chi connectivity index (χ1) is 10.1. The number of carbonyl (C=O) groups excluding carboxylic acids is 1. The van der Waals surface area contributed by atoms with E-state index < -0.39 is 42.8 Å². The van der Waals surface area contributed by atoms with Gasteiger partial charge in [-0.05, 0) is 25.7 Å². The van der Waals surface area contributed by atoms with Crippen LogP contribution in [0, 0.1) is 5.92 Å². The van der Waals surface area contributed by atoms with Gasteiger partial charge in [0, 0.05) is 12.6 Å². The number of hydrogen-bond donors (Lipinski definition) is 1. The summed E-state index contributed by atoms with van der Waals surface area (Å²) in [6.07, 6.45) is -7.67. The molecule has 128 valence electrons. The molecule has 3 atom stereocenters. The monoisotopic (exact) mass is 332 g/mol. The largest absolute Gasteiger partial charge is 0.406 e. The van der Waals surface area contributed by atoms with Gasteiger partial charge in [0.2, 0.25) is 5.91 Å². The molecule has 2 rings (SSSR count). The highest BCUT2D eigenvalue weighted by molar-refractivity contribution is 5.84. The third-order valence-electron chi connectivity index (χ3n) is 4.24. The van der Waals surface area contributed by atoms with Crippen LogP contribution in [0.5, 0.6) is 0 Å². The maximum atomic E-state index is 12.7. The lowest BCUT2D eigenvalue weighted by atomic mass is 9.85. The predicted molar refractivity (Wildman–Crippen MR) is 66.0 cm³/mol. The fourth-order valence-corrected chi connectivity index (χ4v) is 3.19. The highest BCUT2D eigenvalue weighted by Gasteiger charge is 2.44. The number of alkyl halides is 6. The minimum absolute atomic E-state index is 0.0224. The third-order valence-corrected chi connectivity index (χ3v) is 4.24. The van der Waals surface area contributed by atoms with Gasteiger partial charge in [-0.3, -0.25) is 4.79 Å². The Bertz CT molecular complexity index is 408. The fraction of sp³-hybridized carbons (Fsp3) is 0.923. The molecule has 0 aromatic rings. The topological polar surface area (TPSA) is 32.3 Å². The van der Waals surface area contributed by atoms with Crippen LogP contribution in [-0.2, 0) is 4.79 Å². The minimum atomic E-state index is -4.46. The molecule has 1 saturated heterocycles. The van der Waals surface area contributed by atoms with Gasteiger partial charge in [0.05, 0.1) is 12.0 Å². The molecule has 1 heterocycles. The Hall–Kier alpha value is -0.990. The summed E-state index contributed by atoms with van der Waals surface area (Å²) in [4.78, 5) is 12.6. The molecule has 0 aromatic heterocycles. The molecular formula is C13H18F6N2O. The summed E-state index contributed by atoms with van der Waals surface area (Å²) in [5.74, 6) is -2.08. The molecule has 1 aliphatic heterocycles. The van der Waals surface area contributed by atoms with Gasteiger partial charge in [-0.2, -0.15) is 26.3 Å². The van der Waals surface area contributed by atoms with Gasteiger partial charge in [-0.1, -0.05) is 6.42 Å². The maximum absolute atomic E-state index is 12.7. The molecule has 1 saturated carbocycles. The number of rotatable bonds is 3. The van der Waals surface area contributed by atoms with Crippen LogP contribution in [0.4, 0.5) is 26.3 Å². The lowest BCUT2D eigenvalue weighted by Gasteiger charge is -2.32. The van der Waals surface area contributed by atoms with E-state index in [2.05, 4.69) is 5.32 Å². The summed E-state index contributed by atoms with van der Waals surface area (Å²) < 4.78 is 75.1. The van der Waals surface area contributed by atoms with Crippen LogP contribution < -0.4 is 5.32 Å². The van der Waals surface area contributed by atoms with Gasteiger partial charge in [-0.15, -0.1) is 0 Å². The third kappa shape index (κ3) is 4.50. The van der Waals surface area contributed by atoms with E-state index in [0.29, 0.717) is 17.7 Å². The van der Waals surface area contributed by atoms with E-state index in [-0.39, 0.29) is 25.8 Å². The Balaban J connectivity index is 1.88. The lowest BCUT2D eigenvalue weighted by Crippen LogP contribution is -2.47. The van der Waals surface area contributed by atoms with E-state index in [1.165, 1.54) is 0 Å². The zero-order valence-electron chi connectivity index (χ0n) is 11.8. The van der Waals surface area contributed by atoms with E-state index in [4.69, 9.17) is 0 Å². The molecule has 0 aromatic carbocycles. The van der Waals surface area contributed by atoms with E-state index in [0.717, 1.165) is 0 Å². The van der Waals surface area contributed by atoms with Crippen LogP contribution in [0.3, 0.4) is 0 Å². The molecule has 0 spiro atoms. The molecule has 0 bridgehead atoms. The lowest BCUT2D eigenvalue weighted by molar-refractivity contribution is -0.184. The van der Waals surface area contributed by atoms with Crippen LogP contribution in [0.15, 0.2) is 0 Å². The van der Waals surface area contributed by atoms with Gasteiger partial charge in [0.15, 0.2) is 0 Å². The Morgan fingerprint density at radius 2 is 1.77 bits per heavy atom. The number of nitrogens with one attached hydrogen (secondary N) is 1. The second-order valence-corrected chi connectivity index (χ2v) is 5.98. The summed E-state index contributed by atoms with van der Waals surface area (Å²) in [6.45, 7) is -1.33. The number of likely N-dealkylation sites (tertiary alicyclic amines) is 1. The van der Waals surface area contributed by atoms with Gasteiger partial charge < -0.3 is 10.2 Å². The van der Waals surface area contributed by atoms with Crippen molar-refractivity contribution in [3.8, 4) is 0 Å². The van der Waals surface area contributed by atoms with Crippen molar-refractivity contribution in [1.29, 1.82) is 0 Å². The van der Waals surface area contributed by atoms with E-state index in [9.17, 15) is 31.1 Å². The van der Waals surface area contributed by atoms with E-state index in [1.807, 2.05) is 0 Å². The summed E-state index contributed by atoms with van der Waals surface area (Å²) in [6, 6.07) is -1.28. The summed E-state index contributed by atoms with van der Waals surface area (Å²) in [5, 5.41) is 2.83. The zero-order valence-corrected chi connectivity index (χ0v) is 11.8. The molecule has 3 nitrogen and oxygen atoms in total. The highest BCUT2D eigenvalue weighted by Crippen LogP contribution is 2.37. The van der Waals surface area contributed by atoms with Crippen molar-refractivity contribution in [2.24, 2.45) is 5.92 Å². The molecule has 0 unspecified atom stereocenters. The van der Waals surface area contributed by atoms with Crippen LogP contribution in [0.2, 0.25) is 0 Å². The predicted octanol–water partition coefficient (Wildman–Crippen LogP) is 2.86. The second kappa shape index (κ2) is 6.25. The standard InChI is InChI=1S/C13H18F6N2O/c14-12(15,16)7-21-5-4-10(11(21)22)20-9-3-1-2-8(6-9)13(17,18)19/h8-10,20H,1-7H2/t8-,9-,10+/m0/s1. The second-order valence-electron chi connectivity index (χ2n) is 5.98. The molecule has 9 heteroatoms. The Morgan fingerprint density at radius 1 is 1.09 bits per heavy atom. The zero-order chi connectivity index (χ0) is 16.5. The van der Waals surface area contributed by atoms with Gasteiger partial charge in [0.1, 0.15) is 6.54 Å². The van der Waals surface area contributed by atoms with Crippen LogP contribution in [0.25, 0.3) is 0 Å². The normalized spacial score (nSPS) is 30.9. The first-order valence-corrected chi connectivity index (χ1v) is 7.24. The quantitative estimate of drug-likeness (QED) is 0.806. The van der Waals surface area contributed by atoms with Crippen molar-refractivity contribution in [1.82, 2.24) is 10.2 Å². The van der Waals surface area contributed by atoms with Crippen molar-refractivity contribution in [2.75, 3.05) is 13.1 Å². The minimum Gasteiger partial charge on any atom is -0.332 e. The number of hydrogen-bond acceptors (Lipinski definition) is 2. The summed E-state index contributed by atoms with van der Waals surface area (Å²) in [7, 11) is 0. The van der Waals surface area contributed by atoms with Crippen molar-refractivity contribution in [3.63, 3.8) is 0 Å². The average molecular weight is 332 g/mol. The molecule has 1 N–H and O–H groups in total. The van der Waals surface area contributed by atoms with Crippen molar-refractivity contribution < 1.29 is 31.1 Å². The van der Waals surface area contributed by atoms with Crippen molar-refractivity contribution in [3.05, 3.63) is 0 Å². The molecule has 0 radical (unpaired) electrons. The average Bonchev–Trinajstić information content (AvgIpc) is 2.69. The first kappa shape index (κ1) is 17.4. The van der Waals surface area contributed by atoms with Crippen LogP contribution in [-0.4, -0.2) is 48.3 Å². The van der Waals surface area contributed by atoms with Crippen LogP contribution in [0.1, 0.15) is 32.1 Å². The molecule has 1 amide bonds.